The minimum Gasteiger partial charge on any atom is -0.493 e. The Hall–Kier alpha value is -9.85. The third-order valence-electron chi connectivity index (χ3n) is 20.9. The molecule has 4 aliphatic carbocycles. The molecule has 2 aliphatic heterocycles. The number of carbonyl (C=O) groups excluding carboxylic acids is 8. The van der Waals surface area contributed by atoms with Crippen LogP contribution in [0.2, 0.25) is 0 Å². The quantitative estimate of drug-likeness (QED) is 0.0113. The third kappa shape index (κ3) is 18.2. The molecule has 9 amide bonds. The number of nitrogens with two attached hydrogens (primary N) is 2. The standard InChI is InChI=1S/C75H93N13O16S2/c1-46(2)63(82-60(89)17-8-7-11-30-86-61(90)26-27-62(86)91)67(94)88(56(65(76)92)15-12-29-78-69(77)97)49-20-18-48(19-21-49)38-103-71(98)84(6)32-34-104-75-42-72(4)39-73(5,43-75)41-74(40-72,44-75)45-87-47(3)53(36-79-87)51-23-25-59(81-64(51)68(95)96)85-31-28-50-54(37-85)52(22-24-57(50)102-33-13-35-106(99,100)101)66(93)83-70-80-55-14-9-10-16-58(55)105-70/h9-10,14,16,18-27,36,46,56,63H,7-8,11-13,15,17,28-35,37-45H2,1-6H3,(H2,76,92)(H,82,89)(H,95,96)(H3,77,78,97)(H,80,83,93)(H,99,100,101)/t56-,63-,72?,73?,74?,75?/m0/s1. The summed E-state index contributed by atoms with van der Waals surface area (Å²) in [5.74, 6) is -4.33. The van der Waals surface area contributed by atoms with E-state index in [1.54, 1.807) is 75.6 Å². The van der Waals surface area contributed by atoms with Crippen LogP contribution < -0.4 is 42.0 Å². The van der Waals surface area contributed by atoms with Crippen molar-refractivity contribution in [3.8, 4) is 16.9 Å². The van der Waals surface area contributed by atoms with Crippen molar-refractivity contribution < 1.29 is 75.4 Å². The summed E-state index contributed by atoms with van der Waals surface area (Å²) < 4.78 is 54.0. The minimum absolute atomic E-state index is 0.00728. The molecule has 6 aromatic rings. The van der Waals surface area contributed by atoms with E-state index in [2.05, 4.69) is 34.8 Å². The summed E-state index contributed by atoms with van der Waals surface area (Å²) in [6, 6.07) is 17.8. The SMILES string of the molecule is Cc1c(-c2ccc(N3CCc4c(OCCCS(=O)(=O)O)ccc(C(=O)Nc5nc6ccccc6s5)c4C3)nc2C(=O)O)cnn1CC12CC3(C)CC(C)(C1)CC(OCCN(C)C(=O)OCc1ccc(N(C(=O)[C@@H](NC(=O)CCCCCN4C(=O)C=CC4=O)C(C)C)[C@@H](CCCNC(N)=O)C(N)=O)cc1)(C3)C2. The molecule has 29 nitrogen and oxygen atoms in total. The average Bonchev–Trinajstić information content (AvgIpc) is 0.751. The van der Waals surface area contributed by atoms with Gasteiger partial charge in [-0.25, -0.2) is 24.4 Å². The summed E-state index contributed by atoms with van der Waals surface area (Å²) in [7, 11) is -2.57. The number of hydrogen-bond donors (Lipinski definition) is 7. The molecule has 4 bridgehead atoms. The Kier molecular flexibility index (Phi) is 23.4. The zero-order valence-corrected chi connectivity index (χ0v) is 62.2. The molecule has 3 aromatic heterocycles. The number of benzene rings is 3. The number of rotatable bonds is 34. The number of amides is 9. The van der Waals surface area contributed by atoms with E-state index in [0.29, 0.717) is 83.3 Å². The Labute approximate surface area is 618 Å². The number of unbranched alkanes of at least 4 members (excludes halogenated alkanes) is 2. The highest BCUT2D eigenvalue weighted by Gasteiger charge is 2.66. The summed E-state index contributed by atoms with van der Waals surface area (Å²) in [4.78, 5) is 133. The van der Waals surface area contributed by atoms with E-state index in [0.717, 1.165) is 64.9 Å². The minimum atomic E-state index is -4.21. The summed E-state index contributed by atoms with van der Waals surface area (Å²) in [5.41, 5.74) is 15.3. The molecular weight excluding hydrogens is 1400 g/mol. The Bertz CT molecular complexity index is 4450. The van der Waals surface area contributed by atoms with E-state index in [4.69, 9.17) is 35.8 Å². The van der Waals surface area contributed by atoms with Gasteiger partial charge >= 0.3 is 18.1 Å². The number of aromatic carboxylic acids is 1. The van der Waals surface area contributed by atoms with Crippen LogP contribution in [0.5, 0.6) is 5.75 Å². The van der Waals surface area contributed by atoms with Gasteiger partial charge in [0.2, 0.25) is 11.8 Å². The van der Waals surface area contributed by atoms with Crippen molar-refractivity contribution in [2.75, 3.05) is 67.3 Å². The van der Waals surface area contributed by atoms with Gasteiger partial charge in [0.25, 0.3) is 33.7 Å². The molecule has 0 saturated heterocycles. The highest BCUT2D eigenvalue weighted by molar-refractivity contribution is 7.85. The van der Waals surface area contributed by atoms with Crippen molar-refractivity contribution in [3.05, 3.63) is 125 Å². The van der Waals surface area contributed by atoms with Crippen LogP contribution in [0, 0.1) is 29.1 Å². The summed E-state index contributed by atoms with van der Waals surface area (Å²) in [5, 5.41) is 24.5. The Morgan fingerprint density at radius 3 is 2.23 bits per heavy atom. The lowest BCUT2D eigenvalue weighted by atomic mass is 9.39. The first-order valence-corrected chi connectivity index (χ1v) is 38.3. The Morgan fingerprint density at radius 2 is 1.55 bits per heavy atom. The molecule has 4 saturated carbocycles. The second kappa shape index (κ2) is 32.1. The third-order valence-corrected chi connectivity index (χ3v) is 22.6. The number of hydrogen-bond acceptors (Lipinski definition) is 19. The monoisotopic (exact) mass is 1500 g/mol. The fourth-order valence-corrected chi connectivity index (χ4v) is 18.5. The lowest BCUT2D eigenvalue weighted by molar-refractivity contribution is -0.248. The van der Waals surface area contributed by atoms with Gasteiger partial charge in [0.1, 0.15) is 30.3 Å². The van der Waals surface area contributed by atoms with Crippen LogP contribution in [0.3, 0.4) is 0 Å². The molecule has 0 spiro atoms. The first kappa shape index (κ1) is 77.3. The maximum atomic E-state index is 14.7. The van der Waals surface area contributed by atoms with E-state index >= 15 is 0 Å². The molecule has 106 heavy (non-hydrogen) atoms. The van der Waals surface area contributed by atoms with Crippen molar-refractivity contribution in [2.24, 2.45) is 33.6 Å². The molecule has 31 heteroatoms. The normalized spacial score (nSPS) is 20.7. The lowest BCUT2D eigenvalue weighted by Gasteiger charge is -2.69. The smallest absolute Gasteiger partial charge is 0.409 e. The number of nitrogens with one attached hydrogen (secondary N) is 3. The number of pyridine rings is 1. The average molecular weight is 1500 g/mol. The predicted molar refractivity (Wildman–Crippen MR) is 395 cm³/mol. The predicted octanol–water partition coefficient (Wildman–Crippen LogP) is 8.70. The van der Waals surface area contributed by atoms with Crippen LogP contribution in [0.25, 0.3) is 21.3 Å². The zero-order chi connectivity index (χ0) is 76.0. The molecular formula is C75H93N13O16S2. The Balaban J connectivity index is 0.722. The van der Waals surface area contributed by atoms with Gasteiger partial charge in [0.05, 0.1) is 41.0 Å². The fourth-order valence-electron chi connectivity index (χ4n) is 17.2. The van der Waals surface area contributed by atoms with Crippen LogP contribution in [-0.2, 0) is 69.7 Å². The number of ether oxygens (including phenoxy) is 3. The number of carbonyl (C=O) groups is 9. The topological polar surface area (TPSA) is 401 Å². The van der Waals surface area contributed by atoms with Gasteiger partial charge in [-0.2, -0.15) is 13.5 Å². The number of fused-ring (bicyclic) bond motifs is 2. The molecule has 566 valence electrons. The number of primary amides is 2. The number of likely N-dealkylation sites (N-methyl/N-ethyl adjacent to an activating group) is 1. The van der Waals surface area contributed by atoms with E-state index in [1.807, 2.05) is 40.8 Å². The second-order valence-corrected chi connectivity index (χ2v) is 32.6. The summed E-state index contributed by atoms with van der Waals surface area (Å²) >= 11 is 1.34. The molecule has 12 rings (SSSR count). The fraction of sp³-hybridized carbons (Fsp3) is 0.493. The lowest BCUT2D eigenvalue weighted by Crippen LogP contribution is -2.64. The van der Waals surface area contributed by atoms with Gasteiger partial charge in [0, 0.05) is 98.5 Å². The Morgan fingerprint density at radius 1 is 0.821 bits per heavy atom. The van der Waals surface area contributed by atoms with Crippen molar-refractivity contribution in [1.29, 1.82) is 0 Å². The van der Waals surface area contributed by atoms with Crippen molar-refractivity contribution in [2.45, 2.75) is 162 Å². The summed E-state index contributed by atoms with van der Waals surface area (Å²) in [6.45, 7) is 11.9. The van der Waals surface area contributed by atoms with Crippen LogP contribution in [0.4, 0.5) is 26.2 Å². The molecule has 4 atom stereocenters. The van der Waals surface area contributed by atoms with Crippen molar-refractivity contribution in [1.82, 2.24) is 40.2 Å². The van der Waals surface area contributed by atoms with Crippen molar-refractivity contribution >= 4 is 102 Å². The number of carboxylic acid groups (broad SMARTS) is 1. The van der Waals surface area contributed by atoms with Gasteiger partial charge in [-0.3, -0.25) is 53.1 Å². The molecule has 4 fully saturated rings. The highest BCUT2D eigenvalue weighted by Crippen LogP contribution is 2.72. The first-order chi connectivity index (χ1) is 50.3. The molecule has 0 radical (unpaired) electrons. The van der Waals surface area contributed by atoms with Crippen LogP contribution in [0.15, 0.2) is 91.1 Å². The molecule has 6 aliphatic rings. The molecule has 2 unspecified atom stereocenters. The number of urea groups is 1. The van der Waals surface area contributed by atoms with E-state index in [9.17, 15) is 61.2 Å². The molecule has 9 N–H and O–H groups in total. The van der Waals surface area contributed by atoms with Crippen molar-refractivity contribution in [3.63, 3.8) is 0 Å². The first-order valence-electron chi connectivity index (χ1n) is 35.8. The van der Waals surface area contributed by atoms with E-state index < -0.39 is 81.2 Å². The molecule has 3 aromatic carbocycles. The number of para-hydroxylation sites is 1. The number of nitrogens with zero attached hydrogens (tertiary/aromatic N) is 8. The van der Waals surface area contributed by atoms with Gasteiger partial charge in [-0.15, -0.1) is 0 Å². The van der Waals surface area contributed by atoms with E-state index in [-0.39, 0.29) is 111 Å². The number of thiazole rings is 1. The largest absolute Gasteiger partial charge is 0.493 e. The van der Waals surface area contributed by atoms with Gasteiger partial charge in [-0.05, 0) is 166 Å². The number of anilines is 3. The molecule has 5 heterocycles. The maximum absolute atomic E-state index is 14.7. The number of carboxylic acids is 1. The summed E-state index contributed by atoms with van der Waals surface area (Å²) in [6.07, 6.45) is 11.1. The van der Waals surface area contributed by atoms with E-state index in [1.165, 1.54) is 33.3 Å². The van der Waals surface area contributed by atoms with Gasteiger partial charge in [0.15, 0.2) is 10.8 Å². The number of imide groups is 1. The highest BCUT2D eigenvalue weighted by atomic mass is 32.2. The zero-order valence-electron chi connectivity index (χ0n) is 60.5. The van der Waals surface area contributed by atoms with Crippen LogP contribution in [-0.4, -0.2) is 171 Å². The number of aromatic nitrogens is 4. The maximum Gasteiger partial charge on any atom is 0.409 e. The van der Waals surface area contributed by atoms with Crippen LogP contribution in [0.1, 0.15) is 154 Å². The van der Waals surface area contributed by atoms with Crippen LogP contribution >= 0.6 is 11.3 Å². The second-order valence-electron chi connectivity index (χ2n) is 30.0. The van der Waals surface area contributed by atoms with Gasteiger partial charge < -0.3 is 51.2 Å². The van der Waals surface area contributed by atoms with Gasteiger partial charge in [-0.1, -0.05) is 69.7 Å².